The van der Waals surface area contributed by atoms with Crippen LogP contribution in [0.3, 0.4) is 0 Å². The van der Waals surface area contributed by atoms with Crippen LogP contribution in [0.25, 0.3) is 11.1 Å². The zero-order valence-corrected chi connectivity index (χ0v) is 19.4. The molecule has 1 aliphatic rings. The summed E-state index contributed by atoms with van der Waals surface area (Å²) in [6.45, 7) is 0. The Labute approximate surface area is 202 Å². The van der Waals surface area contributed by atoms with Crippen LogP contribution >= 0.6 is 0 Å². The van der Waals surface area contributed by atoms with Gasteiger partial charge in [-0.25, -0.2) is 8.42 Å². The van der Waals surface area contributed by atoms with Crippen LogP contribution in [0.2, 0.25) is 0 Å². The maximum absolute atomic E-state index is 13.2. The Balaban J connectivity index is 1.37. The van der Waals surface area contributed by atoms with Crippen LogP contribution < -0.4 is 10.1 Å². The standard InChI is InChI=1S/C26H23F3N2O3S/c27-26(28,29)34-23-3-1-2-22(16-23)31-21-10-14-25(15-11-21)35(32,33)24-12-8-20(9-13-24)19-6-4-18(17-30)5-7-19/h1-9,12-13,16,21,25,31H,10-11,14-15H2. The molecule has 0 bridgehead atoms. The second-order valence-electron chi connectivity index (χ2n) is 8.45. The molecule has 0 aromatic heterocycles. The molecule has 0 radical (unpaired) electrons. The van der Waals surface area contributed by atoms with Gasteiger partial charge in [0.2, 0.25) is 0 Å². The summed E-state index contributed by atoms with van der Waals surface area (Å²) < 4.78 is 67.7. The molecule has 9 heteroatoms. The Hall–Kier alpha value is -3.51. The molecule has 3 aromatic rings. The van der Waals surface area contributed by atoms with Crippen molar-refractivity contribution in [3.8, 4) is 22.9 Å². The number of sulfone groups is 1. The zero-order valence-electron chi connectivity index (χ0n) is 18.6. The Morgan fingerprint density at radius 3 is 2.06 bits per heavy atom. The molecule has 5 nitrogen and oxygen atoms in total. The first-order valence-electron chi connectivity index (χ1n) is 11.1. The highest BCUT2D eigenvalue weighted by Gasteiger charge is 2.33. The van der Waals surface area contributed by atoms with Gasteiger partial charge >= 0.3 is 6.36 Å². The molecule has 4 rings (SSSR count). The molecule has 0 amide bonds. The summed E-state index contributed by atoms with van der Waals surface area (Å²) in [6, 6.07) is 21.5. The monoisotopic (exact) mass is 500 g/mol. The van der Waals surface area contributed by atoms with Crippen molar-refractivity contribution in [3.63, 3.8) is 0 Å². The number of nitrogens with one attached hydrogen (secondary N) is 1. The highest BCUT2D eigenvalue weighted by Crippen LogP contribution is 2.32. The van der Waals surface area contributed by atoms with E-state index < -0.39 is 21.4 Å². The summed E-state index contributed by atoms with van der Waals surface area (Å²) in [5.74, 6) is -0.303. The first kappa shape index (κ1) is 24.6. The summed E-state index contributed by atoms with van der Waals surface area (Å²) in [5.41, 5.74) is 2.80. The fraction of sp³-hybridized carbons (Fsp3) is 0.269. The third-order valence-electron chi connectivity index (χ3n) is 6.08. The minimum atomic E-state index is -4.76. The minimum Gasteiger partial charge on any atom is -0.406 e. The summed E-state index contributed by atoms with van der Waals surface area (Å²) in [7, 11) is -3.51. The molecule has 0 atom stereocenters. The van der Waals surface area contributed by atoms with E-state index in [0.29, 0.717) is 36.9 Å². The predicted octanol–water partition coefficient (Wildman–Crippen LogP) is 6.32. The lowest BCUT2D eigenvalue weighted by Crippen LogP contribution is -2.32. The SMILES string of the molecule is N#Cc1ccc(-c2ccc(S(=O)(=O)C3CCC(Nc4cccc(OC(F)(F)F)c4)CC3)cc2)cc1. The Bertz CT molecular complexity index is 1310. The van der Waals surface area contributed by atoms with Crippen LogP contribution in [0.15, 0.2) is 77.7 Å². The molecule has 182 valence electrons. The van der Waals surface area contributed by atoms with Crippen LogP contribution in [-0.4, -0.2) is 26.1 Å². The number of nitriles is 1. The van der Waals surface area contributed by atoms with Gasteiger partial charge in [-0.05, 0) is 73.2 Å². The highest BCUT2D eigenvalue weighted by molar-refractivity contribution is 7.92. The quantitative estimate of drug-likeness (QED) is 0.428. The van der Waals surface area contributed by atoms with Gasteiger partial charge in [0.15, 0.2) is 9.84 Å². The lowest BCUT2D eigenvalue weighted by Gasteiger charge is -2.29. The fourth-order valence-corrected chi connectivity index (χ4v) is 6.10. The van der Waals surface area contributed by atoms with Gasteiger partial charge in [0.25, 0.3) is 0 Å². The third kappa shape index (κ3) is 6.14. The van der Waals surface area contributed by atoms with E-state index in [1.807, 2.05) is 12.1 Å². The first-order valence-corrected chi connectivity index (χ1v) is 12.7. The zero-order chi connectivity index (χ0) is 25.1. The molecule has 0 saturated heterocycles. The topological polar surface area (TPSA) is 79.2 Å². The summed E-state index contributed by atoms with van der Waals surface area (Å²) >= 11 is 0. The molecule has 1 N–H and O–H groups in total. The first-order chi connectivity index (χ1) is 16.6. The Morgan fingerprint density at radius 2 is 1.49 bits per heavy atom. The van der Waals surface area contributed by atoms with Crippen molar-refractivity contribution in [2.75, 3.05) is 5.32 Å². The van der Waals surface area contributed by atoms with Crippen molar-refractivity contribution in [2.45, 2.75) is 48.2 Å². The van der Waals surface area contributed by atoms with Gasteiger partial charge in [0.05, 0.1) is 21.8 Å². The number of nitrogens with zero attached hydrogens (tertiary/aromatic N) is 1. The van der Waals surface area contributed by atoms with Crippen molar-refractivity contribution < 1.29 is 26.3 Å². The number of alkyl halides is 3. The smallest absolute Gasteiger partial charge is 0.406 e. The van der Waals surface area contributed by atoms with Crippen LogP contribution in [0.1, 0.15) is 31.2 Å². The van der Waals surface area contributed by atoms with E-state index in [4.69, 9.17) is 5.26 Å². The van der Waals surface area contributed by atoms with Crippen molar-refractivity contribution in [2.24, 2.45) is 0 Å². The second kappa shape index (κ2) is 10.0. The highest BCUT2D eigenvalue weighted by atomic mass is 32.2. The number of benzene rings is 3. The van der Waals surface area contributed by atoms with E-state index in [1.54, 1.807) is 42.5 Å². The number of hydrogen-bond acceptors (Lipinski definition) is 5. The van der Waals surface area contributed by atoms with Crippen molar-refractivity contribution in [1.82, 2.24) is 0 Å². The number of anilines is 1. The normalized spacial score (nSPS) is 18.5. The molecule has 1 saturated carbocycles. The Morgan fingerprint density at radius 1 is 0.886 bits per heavy atom. The molecule has 0 aliphatic heterocycles. The molecule has 0 unspecified atom stereocenters. The fourth-order valence-electron chi connectivity index (χ4n) is 4.30. The molecule has 0 heterocycles. The van der Waals surface area contributed by atoms with Gasteiger partial charge in [0.1, 0.15) is 5.75 Å². The maximum atomic E-state index is 13.2. The van der Waals surface area contributed by atoms with Gasteiger partial charge in [-0.2, -0.15) is 5.26 Å². The van der Waals surface area contributed by atoms with Crippen LogP contribution in [0, 0.1) is 11.3 Å². The summed E-state index contributed by atoms with van der Waals surface area (Å²) in [4.78, 5) is 0.267. The van der Waals surface area contributed by atoms with Crippen molar-refractivity contribution in [1.29, 1.82) is 5.26 Å². The molecular weight excluding hydrogens is 477 g/mol. The van der Waals surface area contributed by atoms with Gasteiger partial charge in [-0.15, -0.1) is 13.2 Å². The van der Waals surface area contributed by atoms with Gasteiger partial charge < -0.3 is 10.1 Å². The van der Waals surface area contributed by atoms with E-state index in [0.717, 1.165) is 11.1 Å². The minimum absolute atomic E-state index is 0.0404. The number of halogens is 3. The summed E-state index contributed by atoms with van der Waals surface area (Å²) in [5, 5.41) is 11.6. The largest absolute Gasteiger partial charge is 0.573 e. The van der Waals surface area contributed by atoms with Crippen molar-refractivity contribution >= 4 is 15.5 Å². The lowest BCUT2D eigenvalue weighted by molar-refractivity contribution is -0.274. The van der Waals surface area contributed by atoms with E-state index in [-0.39, 0.29) is 16.7 Å². The van der Waals surface area contributed by atoms with Gasteiger partial charge in [0, 0.05) is 17.8 Å². The number of hydrogen-bond donors (Lipinski definition) is 1. The molecule has 1 aliphatic carbocycles. The lowest BCUT2D eigenvalue weighted by atomic mass is 9.95. The average Bonchev–Trinajstić information content (AvgIpc) is 2.84. The van der Waals surface area contributed by atoms with Crippen LogP contribution in [0.5, 0.6) is 5.75 Å². The van der Waals surface area contributed by atoms with E-state index in [1.165, 1.54) is 18.2 Å². The van der Waals surface area contributed by atoms with Gasteiger partial charge in [-0.1, -0.05) is 30.3 Å². The Kier molecular flexibility index (Phi) is 7.03. The number of rotatable bonds is 6. The molecular formula is C26H23F3N2O3S. The van der Waals surface area contributed by atoms with Gasteiger partial charge in [-0.3, -0.25) is 0 Å². The van der Waals surface area contributed by atoms with E-state index in [9.17, 15) is 21.6 Å². The second-order valence-corrected chi connectivity index (χ2v) is 10.7. The van der Waals surface area contributed by atoms with E-state index >= 15 is 0 Å². The molecule has 3 aromatic carbocycles. The van der Waals surface area contributed by atoms with Crippen molar-refractivity contribution in [3.05, 3.63) is 78.4 Å². The third-order valence-corrected chi connectivity index (χ3v) is 8.36. The molecule has 1 fully saturated rings. The predicted molar refractivity (Wildman–Crippen MR) is 127 cm³/mol. The maximum Gasteiger partial charge on any atom is 0.573 e. The number of ether oxygens (including phenoxy) is 1. The average molecular weight is 501 g/mol. The van der Waals surface area contributed by atoms with Crippen LogP contribution in [-0.2, 0) is 9.84 Å². The van der Waals surface area contributed by atoms with E-state index in [2.05, 4.69) is 16.1 Å². The van der Waals surface area contributed by atoms with Crippen LogP contribution in [0.4, 0.5) is 18.9 Å². The molecule has 0 spiro atoms. The summed E-state index contributed by atoms with van der Waals surface area (Å²) in [6.07, 6.45) is -2.69. The molecule has 35 heavy (non-hydrogen) atoms.